The first-order valence-electron chi connectivity index (χ1n) is 4.69. The van der Waals surface area contributed by atoms with E-state index >= 15 is 0 Å². The van der Waals surface area contributed by atoms with E-state index in [4.69, 9.17) is 22.4 Å². The summed E-state index contributed by atoms with van der Waals surface area (Å²) in [7, 11) is 0. The van der Waals surface area contributed by atoms with Crippen molar-refractivity contribution in [1.82, 2.24) is 0 Å². The summed E-state index contributed by atoms with van der Waals surface area (Å²) >= 11 is 6.13. The zero-order valence-electron chi connectivity index (χ0n) is 8.55. The lowest BCUT2D eigenvalue weighted by molar-refractivity contribution is 0.276. The third-order valence-corrected chi connectivity index (χ3v) is 2.78. The highest BCUT2D eigenvalue weighted by molar-refractivity contribution is 6.32. The quantitative estimate of drug-likeness (QED) is 0.810. The van der Waals surface area contributed by atoms with Crippen molar-refractivity contribution in [1.29, 1.82) is 0 Å². The molecule has 0 aliphatic rings. The van der Waals surface area contributed by atoms with Crippen LogP contribution in [0.2, 0.25) is 5.02 Å². The second kappa shape index (κ2) is 4.78. The Balaban J connectivity index is 3.07. The number of hydrogen-bond donors (Lipinski definition) is 2. The van der Waals surface area contributed by atoms with Crippen LogP contribution >= 0.6 is 11.6 Å². The molecule has 14 heavy (non-hydrogen) atoms. The molecule has 0 radical (unpaired) electrons. The molecular weight excluding hydrogens is 198 g/mol. The van der Waals surface area contributed by atoms with Crippen molar-refractivity contribution in [2.24, 2.45) is 5.73 Å². The molecule has 3 N–H and O–H groups in total. The molecule has 2 nitrogen and oxygen atoms in total. The number of aliphatic hydroxyl groups excluding tert-OH is 1. The fraction of sp³-hybridized carbons (Fsp3) is 0.455. The fourth-order valence-electron chi connectivity index (χ4n) is 1.55. The first-order chi connectivity index (χ1) is 6.56. The maximum absolute atomic E-state index is 8.80. The molecule has 0 spiro atoms. The molecule has 1 atom stereocenters. The monoisotopic (exact) mass is 213 g/mol. The third kappa shape index (κ3) is 2.47. The van der Waals surface area contributed by atoms with Gasteiger partial charge in [-0.2, -0.15) is 0 Å². The molecule has 0 saturated heterocycles. The standard InChI is InChI=1S/C11H16ClNO/c1-7-5-8(2)11(12)9(6-7)10(13)3-4-14/h5-6,10,14H,3-4,13H2,1-2H3. The largest absolute Gasteiger partial charge is 0.396 e. The molecule has 1 aromatic carbocycles. The molecule has 1 unspecified atom stereocenters. The minimum absolute atomic E-state index is 0.0878. The van der Waals surface area contributed by atoms with E-state index in [-0.39, 0.29) is 12.6 Å². The molecule has 3 heteroatoms. The number of hydrogen-bond acceptors (Lipinski definition) is 2. The summed E-state index contributed by atoms with van der Waals surface area (Å²) in [4.78, 5) is 0. The van der Waals surface area contributed by atoms with E-state index < -0.39 is 0 Å². The summed E-state index contributed by atoms with van der Waals surface area (Å²) in [5.74, 6) is 0. The highest BCUT2D eigenvalue weighted by Gasteiger charge is 2.11. The predicted molar refractivity (Wildman–Crippen MR) is 59.6 cm³/mol. The Morgan fingerprint density at radius 2 is 2.07 bits per heavy atom. The van der Waals surface area contributed by atoms with Crippen LogP contribution in [0.1, 0.15) is 29.2 Å². The summed E-state index contributed by atoms with van der Waals surface area (Å²) in [5, 5.41) is 9.52. The van der Waals surface area contributed by atoms with Crippen LogP contribution in [0.15, 0.2) is 12.1 Å². The van der Waals surface area contributed by atoms with E-state index in [2.05, 4.69) is 0 Å². The average Bonchev–Trinajstić information content (AvgIpc) is 2.11. The molecular formula is C11H16ClNO. The van der Waals surface area contributed by atoms with Crippen LogP contribution in [0.25, 0.3) is 0 Å². The van der Waals surface area contributed by atoms with E-state index in [0.717, 1.165) is 21.7 Å². The van der Waals surface area contributed by atoms with E-state index in [1.165, 1.54) is 0 Å². The molecule has 0 aliphatic carbocycles. The zero-order valence-corrected chi connectivity index (χ0v) is 9.30. The van der Waals surface area contributed by atoms with Crippen molar-refractivity contribution < 1.29 is 5.11 Å². The lowest BCUT2D eigenvalue weighted by Gasteiger charge is -2.14. The van der Waals surface area contributed by atoms with Crippen molar-refractivity contribution in [2.75, 3.05) is 6.61 Å². The van der Waals surface area contributed by atoms with Gasteiger partial charge in [0.2, 0.25) is 0 Å². The van der Waals surface area contributed by atoms with E-state index in [1.807, 2.05) is 26.0 Å². The number of nitrogens with two attached hydrogens (primary N) is 1. The Labute approximate surface area is 89.7 Å². The minimum atomic E-state index is -0.175. The molecule has 0 bridgehead atoms. The summed E-state index contributed by atoms with van der Waals surface area (Å²) in [5.41, 5.74) is 9.01. The van der Waals surface area contributed by atoms with Gasteiger partial charge in [-0.1, -0.05) is 29.3 Å². The second-order valence-corrected chi connectivity index (χ2v) is 3.98. The van der Waals surface area contributed by atoms with Crippen LogP contribution in [-0.4, -0.2) is 11.7 Å². The Morgan fingerprint density at radius 1 is 1.43 bits per heavy atom. The van der Waals surface area contributed by atoms with Crippen LogP contribution < -0.4 is 5.73 Å². The van der Waals surface area contributed by atoms with Crippen LogP contribution in [0.5, 0.6) is 0 Å². The Morgan fingerprint density at radius 3 is 2.64 bits per heavy atom. The van der Waals surface area contributed by atoms with Crippen LogP contribution in [-0.2, 0) is 0 Å². The molecule has 0 fully saturated rings. The number of halogens is 1. The molecule has 0 aliphatic heterocycles. The minimum Gasteiger partial charge on any atom is -0.396 e. The SMILES string of the molecule is Cc1cc(C)c(Cl)c(C(N)CCO)c1. The Hall–Kier alpha value is -0.570. The molecule has 1 rings (SSSR count). The van der Waals surface area contributed by atoms with Gasteiger partial charge in [-0.3, -0.25) is 0 Å². The summed E-state index contributed by atoms with van der Waals surface area (Å²) in [6, 6.07) is 3.83. The van der Waals surface area contributed by atoms with Gasteiger partial charge in [0.05, 0.1) is 0 Å². The molecule has 0 saturated carbocycles. The topological polar surface area (TPSA) is 46.2 Å². The van der Waals surface area contributed by atoms with E-state index in [0.29, 0.717) is 6.42 Å². The van der Waals surface area contributed by atoms with E-state index in [9.17, 15) is 0 Å². The predicted octanol–water partition coefficient (Wildman–Crippen LogP) is 2.34. The molecule has 0 aromatic heterocycles. The van der Waals surface area contributed by atoms with Crippen molar-refractivity contribution in [3.05, 3.63) is 33.8 Å². The maximum atomic E-state index is 8.80. The van der Waals surface area contributed by atoms with Gasteiger partial charge < -0.3 is 10.8 Å². The number of aryl methyl sites for hydroxylation is 2. The molecule has 0 amide bonds. The molecule has 78 valence electrons. The fourth-order valence-corrected chi connectivity index (χ4v) is 1.80. The summed E-state index contributed by atoms with van der Waals surface area (Å²) < 4.78 is 0. The van der Waals surface area contributed by atoms with Gasteiger partial charge in [-0.25, -0.2) is 0 Å². The smallest absolute Gasteiger partial charge is 0.0483 e. The molecule has 1 aromatic rings. The highest BCUT2D eigenvalue weighted by atomic mass is 35.5. The van der Waals surface area contributed by atoms with Gasteiger partial charge in [0.15, 0.2) is 0 Å². The number of rotatable bonds is 3. The van der Waals surface area contributed by atoms with Gasteiger partial charge in [-0.05, 0) is 31.4 Å². The maximum Gasteiger partial charge on any atom is 0.0483 e. The van der Waals surface area contributed by atoms with Gasteiger partial charge in [0.1, 0.15) is 0 Å². The van der Waals surface area contributed by atoms with Crippen molar-refractivity contribution >= 4 is 11.6 Å². The Bertz CT molecular complexity index is 325. The van der Waals surface area contributed by atoms with Crippen molar-refractivity contribution in [3.8, 4) is 0 Å². The van der Waals surface area contributed by atoms with E-state index in [1.54, 1.807) is 0 Å². The van der Waals surface area contributed by atoms with Gasteiger partial charge in [0.25, 0.3) is 0 Å². The van der Waals surface area contributed by atoms with Crippen molar-refractivity contribution in [2.45, 2.75) is 26.3 Å². The van der Waals surface area contributed by atoms with Gasteiger partial charge >= 0.3 is 0 Å². The van der Waals surface area contributed by atoms with Crippen LogP contribution in [0, 0.1) is 13.8 Å². The first-order valence-corrected chi connectivity index (χ1v) is 5.07. The summed E-state index contributed by atoms with van der Waals surface area (Å²) in [6.07, 6.45) is 0.544. The van der Waals surface area contributed by atoms with Gasteiger partial charge in [0, 0.05) is 17.7 Å². The first kappa shape index (κ1) is 11.5. The normalized spacial score (nSPS) is 12.9. The zero-order chi connectivity index (χ0) is 10.7. The van der Waals surface area contributed by atoms with Gasteiger partial charge in [-0.15, -0.1) is 0 Å². The second-order valence-electron chi connectivity index (χ2n) is 3.60. The number of aliphatic hydroxyl groups is 1. The highest BCUT2D eigenvalue weighted by Crippen LogP contribution is 2.27. The lowest BCUT2D eigenvalue weighted by atomic mass is 10.00. The molecule has 0 heterocycles. The van der Waals surface area contributed by atoms with Crippen LogP contribution in [0.3, 0.4) is 0 Å². The average molecular weight is 214 g/mol. The number of benzene rings is 1. The van der Waals surface area contributed by atoms with Crippen LogP contribution in [0.4, 0.5) is 0 Å². The van der Waals surface area contributed by atoms with Crippen molar-refractivity contribution in [3.63, 3.8) is 0 Å². The third-order valence-electron chi connectivity index (χ3n) is 2.27. The lowest BCUT2D eigenvalue weighted by Crippen LogP contribution is -2.13. The Kier molecular flexibility index (Phi) is 3.93. The summed E-state index contributed by atoms with van der Waals surface area (Å²) in [6.45, 7) is 4.06.